The summed E-state index contributed by atoms with van der Waals surface area (Å²) in [6, 6.07) is 0. The van der Waals surface area contributed by atoms with Gasteiger partial charge in [0, 0.05) is 0 Å². The molecule has 0 heterocycles. The smallest absolute Gasteiger partial charge is 0.258 e. The SMILES string of the molecule is CCCCC([B]NC#N)CC. The number of nitriles is 1. The van der Waals surface area contributed by atoms with Crippen LogP contribution in [0, 0.1) is 11.5 Å². The molecular weight excluding hydrogens is 135 g/mol. The molecule has 3 heteroatoms. The maximum atomic E-state index is 8.24. The van der Waals surface area contributed by atoms with Gasteiger partial charge in [-0.15, -0.1) is 0 Å². The van der Waals surface area contributed by atoms with E-state index in [-0.39, 0.29) is 0 Å². The lowest BCUT2D eigenvalue weighted by Gasteiger charge is -2.09. The fourth-order valence-corrected chi connectivity index (χ4v) is 1.03. The summed E-state index contributed by atoms with van der Waals surface area (Å²) in [5.41, 5.74) is 0. The lowest BCUT2D eigenvalue weighted by Crippen LogP contribution is -2.18. The predicted molar refractivity (Wildman–Crippen MR) is 48.1 cm³/mol. The number of rotatable bonds is 6. The Morgan fingerprint density at radius 1 is 1.55 bits per heavy atom. The number of nitrogens with one attached hydrogen (secondary N) is 1. The molecule has 11 heavy (non-hydrogen) atoms. The fraction of sp³-hybridized carbons (Fsp3) is 0.875. The van der Waals surface area contributed by atoms with E-state index in [4.69, 9.17) is 5.26 Å². The Morgan fingerprint density at radius 3 is 2.73 bits per heavy atom. The van der Waals surface area contributed by atoms with Gasteiger partial charge in [-0.25, -0.2) is 0 Å². The summed E-state index contributed by atoms with van der Waals surface area (Å²) in [6.45, 7) is 4.33. The van der Waals surface area contributed by atoms with Crippen LogP contribution in [0.25, 0.3) is 0 Å². The van der Waals surface area contributed by atoms with Crippen molar-refractivity contribution in [3.8, 4) is 6.19 Å². The zero-order valence-electron chi connectivity index (χ0n) is 7.43. The van der Waals surface area contributed by atoms with Gasteiger partial charge in [0.25, 0.3) is 7.41 Å². The van der Waals surface area contributed by atoms with Gasteiger partial charge in [-0.2, -0.15) is 5.26 Å². The molecule has 2 nitrogen and oxygen atoms in total. The summed E-state index contributed by atoms with van der Waals surface area (Å²) >= 11 is 0. The Kier molecular flexibility index (Phi) is 7.02. The molecule has 0 aromatic carbocycles. The van der Waals surface area contributed by atoms with E-state index in [0.29, 0.717) is 5.82 Å². The van der Waals surface area contributed by atoms with Gasteiger partial charge in [0.2, 0.25) is 0 Å². The standard InChI is InChI=1S/C8H16BN2/c1-3-5-6-8(4-2)9-11-7-10/h8,11H,3-6H2,1-2H3. The molecule has 0 aliphatic heterocycles. The molecule has 1 unspecified atom stereocenters. The first-order valence-electron chi connectivity index (χ1n) is 4.33. The highest BCUT2D eigenvalue weighted by Gasteiger charge is 2.06. The Labute approximate surface area is 70.2 Å². The van der Waals surface area contributed by atoms with Crippen LogP contribution in [0.4, 0.5) is 0 Å². The molecule has 1 N–H and O–H groups in total. The lowest BCUT2D eigenvalue weighted by atomic mass is 9.71. The van der Waals surface area contributed by atoms with Gasteiger partial charge in [-0.3, -0.25) is 0 Å². The van der Waals surface area contributed by atoms with Crippen molar-refractivity contribution in [2.75, 3.05) is 0 Å². The summed E-state index contributed by atoms with van der Waals surface area (Å²) in [7, 11) is 1.90. The molecule has 0 aromatic heterocycles. The van der Waals surface area contributed by atoms with E-state index >= 15 is 0 Å². The molecule has 1 atom stereocenters. The van der Waals surface area contributed by atoms with Gasteiger partial charge < -0.3 is 5.23 Å². The van der Waals surface area contributed by atoms with Crippen LogP contribution in [-0.2, 0) is 0 Å². The van der Waals surface area contributed by atoms with Crippen molar-refractivity contribution in [1.82, 2.24) is 5.23 Å². The first-order chi connectivity index (χ1) is 5.35. The van der Waals surface area contributed by atoms with Gasteiger partial charge in [0.1, 0.15) is 0 Å². The zero-order valence-corrected chi connectivity index (χ0v) is 7.43. The number of unbranched alkanes of at least 4 members (excludes halogenated alkanes) is 1. The molecule has 0 saturated heterocycles. The molecule has 0 rings (SSSR count). The molecule has 0 bridgehead atoms. The Hall–Kier alpha value is -0.645. The maximum absolute atomic E-state index is 8.24. The number of nitrogens with zero attached hydrogens (tertiary/aromatic N) is 1. The van der Waals surface area contributed by atoms with Gasteiger partial charge >= 0.3 is 0 Å². The molecule has 0 fully saturated rings. The Balaban J connectivity index is 3.34. The summed E-state index contributed by atoms with van der Waals surface area (Å²) < 4.78 is 0. The normalized spacial score (nSPS) is 11.7. The van der Waals surface area contributed by atoms with Crippen LogP contribution >= 0.6 is 0 Å². The highest BCUT2D eigenvalue weighted by Crippen LogP contribution is 2.15. The average Bonchev–Trinajstić information content (AvgIpc) is 2.05. The Bertz CT molecular complexity index is 120. The van der Waals surface area contributed by atoms with Crippen molar-refractivity contribution in [1.29, 1.82) is 5.26 Å². The second-order valence-corrected chi connectivity index (χ2v) is 2.73. The minimum Gasteiger partial charge on any atom is -0.371 e. The fourth-order valence-electron chi connectivity index (χ4n) is 1.03. The predicted octanol–water partition coefficient (Wildman–Crippen LogP) is 2.06. The van der Waals surface area contributed by atoms with E-state index in [1.165, 1.54) is 19.3 Å². The molecule has 0 aliphatic rings. The Morgan fingerprint density at radius 2 is 2.27 bits per heavy atom. The molecule has 0 aromatic rings. The molecule has 0 amide bonds. The van der Waals surface area contributed by atoms with Crippen LogP contribution in [0.1, 0.15) is 39.5 Å². The van der Waals surface area contributed by atoms with E-state index < -0.39 is 0 Å². The summed E-state index contributed by atoms with van der Waals surface area (Å²) in [6.07, 6.45) is 6.70. The van der Waals surface area contributed by atoms with E-state index in [2.05, 4.69) is 19.1 Å². The van der Waals surface area contributed by atoms with Crippen molar-refractivity contribution in [3.63, 3.8) is 0 Å². The molecule has 1 radical (unpaired) electrons. The highest BCUT2D eigenvalue weighted by molar-refractivity contribution is 6.35. The number of hydrogen-bond donors (Lipinski definition) is 1. The molecule has 0 aliphatic carbocycles. The molecule has 61 valence electrons. The second kappa shape index (κ2) is 7.46. The van der Waals surface area contributed by atoms with E-state index in [9.17, 15) is 0 Å². The second-order valence-electron chi connectivity index (χ2n) is 2.73. The number of hydrogen-bond acceptors (Lipinski definition) is 2. The molecule has 0 spiro atoms. The molecule has 0 saturated carbocycles. The molecular formula is C8H16BN2. The van der Waals surface area contributed by atoms with Crippen LogP contribution in [-0.4, -0.2) is 7.41 Å². The van der Waals surface area contributed by atoms with Crippen molar-refractivity contribution in [3.05, 3.63) is 0 Å². The minimum atomic E-state index is 0.564. The van der Waals surface area contributed by atoms with Crippen LogP contribution < -0.4 is 5.23 Å². The van der Waals surface area contributed by atoms with Gasteiger partial charge in [-0.05, 0) is 5.82 Å². The van der Waals surface area contributed by atoms with Crippen LogP contribution in [0.15, 0.2) is 0 Å². The van der Waals surface area contributed by atoms with Gasteiger partial charge in [0.15, 0.2) is 6.19 Å². The van der Waals surface area contributed by atoms with E-state index in [1.807, 2.05) is 13.6 Å². The summed E-state index contributed by atoms with van der Waals surface area (Å²) in [5, 5.41) is 10.8. The first kappa shape index (κ1) is 10.4. The minimum absolute atomic E-state index is 0.564. The monoisotopic (exact) mass is 151 g/mol. The van der Waals surface area contributed by atoms with E-state index in [1.54, 1.807) is 0 Å². The van der Waals surface area contributed by atoms with Gasteiger partial charge in [-0.1, -0.05) is 39.5 Å². The third kappa shape index (κ3) is 5.78. The largest absolute Gasteiger partial charge is 0.371 e. The summed E-state index contributed by atoms with van der Waals surface area (Å²) in [5.74, 6) is 0.564. The van der Waals surface area contributed by atoms with Crippen LogP contribution in [0.3, 0.4) is 0 Å². The summed E-state index contributed by atoms with van der Waals surface area (Å²) in [4.78, 5) is 0. The van der Waals surface area contributed by atoms with Crippen molar-refractivity contribution < 1.29 is 0 Å². The van der Waals surface area contributed by atoms with Crippen LogP contribution in [0.2, 0.25) is 5.82 Å². The lowest BCUT2D eigenvalue weighted by molar-refractivity contribution is 0.646. The van der Waals surface area contributed by atoms with Crippen molar-refractivity contribution in [2.24, 2.45) is 0 Å². The zero-order chi connectivity index (χ0) is 8.53. The topological polar surface area (TPSA) is 35.8 Å². The third-order valence-corrected chi connectivity index (χ3v) is 1.84. The third-order valence-electron chi connectivity index (χ3n) is 1.84. The van der Waals surface area contributed by atoms with E-state index in [0.717, 1.165) is 6.42 Å². The quantitative estimate of drug-likeness (QED) is 0.358. The first-order valence-corrected chi connectivity index (χ1v) is 4.33. The maximum Gasteiger partial charge on any atom is 0.258 e. The van der Waals surface area contributed by atoms with Crippen molar-refractivity contribution >= 4 is 7.41 Å². The van der Waals surface area contributed by atoms with Gasteiger partial charge in [0.05, 0.1) is 0 Å². The average molecular weight is 151 g/mol. The van der Waals surface area contributed by atoms with Crippen molar-refractivity contribution in [2.45, 2.75) is 45.3 Å². The highest BCUT2D eigenvalue weighted by atomic mass is 14.7. The van der Waals surface area contributed by atoms with Crippen LogP contribution in [0.5, 0.6) is 0 Å².